The molecule has 5 nitrogen and oxygen atoms in total. The topological polar surface area (TPSA) is 84.2 Å². The fourth-order valence-electron chi connectivity index (χ4n) is 3.37. The summed E-state index contributed by atoms with van der Waals surface area (Å²) < 4.78 is 0. The fraction of sp³-hybridized carbons (Fsp3) is 0.391. The first-order chi connectivity index (χ1) is 13.2. The molecule has 0 radical (unpaired) electrons. The minimum absolute atomic E-state index is 0.124. The summed E-state index contributed by atoms with van der Waals surface area (Å²) in [7, 11) is 0. The number of carbonyl (C=O) groups is 2. The maximum absolute atomic E-state index is 12.5. The van der Waals surface area contributed by atoms with Gasteiger partial charge in [0.1, 0.15) is 0 Å². The Labute approximate surface area is 167 Å². The predicted molar refractivity (Wildman–Crippen MR) is 115 cm³/mol. The molecule has 0 atom stereocenters. The molecular formula is C23H31N3O2. The van der Waals surface area contributed by atoms with Crippen molar-refractivity contribution in [3.8, 4) is 0 Å². The van der Waals surface area contributed by atoms with Crippen LogP contribution < -0.4 is 16.4 Å². The van der Waals surface area contributed by atoms with Gasteiger partial charge in [-0.05, 0) is 60.6 Å². The van der Waals surface area contributed by atoms with Gasteiger partial charge in [-0.2, -0.15) is 0 Å². The number of aryl methyl sites for hydroxylation is 1. The van der Waals surface area contributed by atoms with Crippen LogP contribution in [0.15, 0.2) is 42.5 Å². The zero-order valence-corrected chi connectivity index (χ0v) is 17.4. The normalized spacial score (nSPS) is 11.1. The number of nitrogen functional groups attached to an aromatic ring is 1. The van der Waals surface area contributed by atoms with Crippen molar-refractivity contribution in [2.24, 2.45) is 17.8 Å². The number of hydrogen-bond donors (Lipinski definition) is 3. The van der Waals surface area contributed by atoms with E-state index in [1.807, 2.05) is 19.1 Å². The van der Waals surface area contributed by atoms with Gasteiger partial charge >= 0.3 is 0 Å². The molecule has 5 heteroatoms. The standard InChI is InChI=1S/C23H31N3O2/c1-14(2)19(15(3)4)13-25-22(27)17-9-11-18(12-10-17)23(28)26-21-16(5)7-6-8-20(21)24/h6-12,14-15,19H,13,24H2,1-5H3,(H,25,27)(H,26,28). The number of hydrogen-bond acceptors (Lipinski definition) is 3. The van der Waals surface area contributed by atoms with E-state index in [4.69, 9.17) is 5.73 Å². The molecular weight excluding hydrogens is 350 g/mol. The van der Waals surface area contributed by atoms with Crippen molar-refractivity contribution in [1.82, 2.24) is 5.32 Å². The van der Waals surface area contributed by atoms with E-state index in [1.165, 1.54) is 0 Å². The highest BCUT2D eigenvalue weighted by atomic mass is 16.2. The third kappa shape index (κ3) is 5.35. The molecule has 2 aromatic rings. The van der Waals surface area contributed by atoms with Crippen LogP contribution in [0.4, 0.5) is 11.4 Å². The minimum atomic E-state index is -0.257. The molecule has 0 heterocycles. The van der Waals surface area contributed by atoms with Crippen LogP contribution in [0.25, 0.3) is 0 Å². The van der Waals surface area contributed by atoms with Crippen LogP contribution in [0.3, 0.4) is 0 Å². The summed E-state index contributed by atoms with van der Waals surface area (Å²) in [5.74, 6) is 1.04. The minimum Gasteiger partial charge on any atom is -0.397 e. The Morgan fingerprint density at radius 3 is 1.93 bits per heavy atom. The number of para-hydroxylation sites is 1. The van der Waals surface area contributed by atoms with Gasteiger partial charge in [-0.1, -0.05) is 39.8 Å². The van der Waals surface area contributed by atoms with Crippen LogP contribution in [0.1, 0.15) is 54.0 Å². The number of nitrogens with two attached hydrogens (primary N) is 1. The van der Waals surface area contributed by atoms with E-state index < -0.39 is 0 Å². The van der Waals surface area contributed by atoms with Crippen molar-refractivity contribution in [2.75, 3.05) is 17.6 Å². The zero-order chi connectivity index (χ0) is 20.8. The van der Waals surface area contributed by atoms with Crippen molar-refractivity contribution in [2.45, 2.75) is 34.6 Å². The molecule has 4 N–H and O–H groups in total. The van der Waals surface area contributed by atoms with Gasteiger partial charge in [-0.3, -0.25) is 9.59 Å². The quantitative estimate of drug-likeness (QED) is 0.618. The van der Waals surface area contributed by atoms with Gasteiger partial charge in [-0.15, -0.1) is 0 Å². The third-order valence-corrected chi connectivity index (χ3v) is 5.16. The Kier molecular flexibility index (Phi) is 7.21. The van der Waals surface area contributed by atoms with Gasteiger partial charge in [0.25, 0.3) is 11.8 Å². The van der Waals surface area contributed by atoms with Gasteiger partial charge < -0.3 is 16.4 Å². The molecule has 2 aromatic carbocycles. The van der Waals surface area contributed by atoms with Crippen LogP contribution in [-0.4, -0.2) is 18.4 Å². The average Bonchev–Trinajstić information content (AvgIpc) is 2.64. The molecule has 0 unspecified atom stereocenters. The number of benzene rings is 2. The van der Waals surface area contributed by atoms with Crippen LogP contribution in [-0.2, 0) is 0 Å². The number of nitrogens with one attached hydrogen (secondary N) is 2. The van der Waals surface area contributed by atoms with E-state index in [0.29, 0.717) is 46.8 Å². The summed E-state index contributed by atoms with van der Waals surface area (Å²) in [4.78, 5) is 24.9. The van der Waals surface area contributed by atoms with E-state index in [2.05, 4.69) is 38.3 Å². The lowest BCUT2D eigenvalue weighted by Gasteiger charge is -2.25. The number of amides is 2. The second-order valence-corrected chi connectivity index (χ2v) is 7.93. The Balaban J connectivity index is 2.02. The maximum atomic E-state index is 12.5. The fourth-order valence-corrected chi connectivity index (χ4v) is 3.37. The maximum Gasteiger partial charge on any atom is 0.255 e. The largest absolute Gasteiger partial charge is 0.397 e. The molecule has 0 saturated heterocycles. The summed E-state index contributed by atoms with van der Waals surface area (Å²) in [6, 6.07) is 12.1. The number of rotatable bonds is 7. The highest BCUT2D eigenvalue weighted by molar-refractivity contribution is 6.06. The Hall–Kier alpha value is -2.82. The van der Waals surface area contributed by atoms with Crippen molar-refractivity contribution >= 4 is 23.2 Å². The summed E-state index contributed by atoms with van der Waals surface area (Å²) in [5.41, 5.74) is 8.99. The number of carbonyl (C=O) groups excluding carboxylic acids is 2. The van der Waals surface area contributed by atoms with Gasteiger partial charge in [0.15, 0.2) is 0 Å². The van der Waals surface area contributed by atoms with Crippen molar-refractivity contribution in [1.29, 1.82) is 0 Å². The molecule has 0 aliphatic rings. The van der Waals surface area contributed by atoms with Crippen molar-refractivity contribution < 1.29 is 9.59 Å². The van der Waals surface area contributed by atoms with E-state index in [-0.39, 0.29) is 11.8 Å². The van der Waals surface area contributed by atoms with E-state index in [1.54, 1.807) is 30.3 Å². The van der Waals surface area contributed by atoms with Crippen LogP contribution in [0.5, 0.6) is 0 Å². The Bertz CT molecular complexity index is 798. The SMILES string of the molecule is Cc1cccc(N)c1NC(=O)c1ccc(C(=O)NCC(C(C)C)C(C)C)cc1. The zero-order valence-electron chi connectivity index (χ0n) is 17.4. The lowest BCUT2D eigenvalue weighted by atomic mass is 9.85. The first-order valence-corrected chi connectivity index (χ1v) is 9.75. The lowest BCUT2D eigenvalue weighted by Crippen LogP contribution is -2.33. The molecule has 0 bridgehead atoms. The summed E-state index contributed by atoms with van der Waals surface area (Å²) in [6.45, 7) is 11.2. The molecule has 28 heavy (non-hydrogen) atoms. The first-order valence-electron chi connectivity index (χ1n) is 9.75. The smallest absolute Gasteiger partial charge is 0.255 e. The molecule has 0 spiro atoms. The summed E-state index contributed by atoms with van der Waals surface area (Å²) in [5, 5.41) is 5.85. The third-order valence-electron chi connectivity index (χ3n) is 5.16. The van der Waals surface area contributed by atoms with Gasteiger partial charge in [0.05, 0.1) is 11.4 Å². The van der Waals surface area contributed by atoms with Crippen LogP contribution >= 0.6 is 0 Å². The second-order valence-electron chi connectivity index (χ2n) is 7.93. The molecule has 0 aromatic heterocycles. The summed E-state index contributed by atoms with van der Waals surface area (Å²) >= 11 is 0. The molecule has 0 saturated carbocycles. The molecule has 2 rings (SSSR count). The van der Waals surface area contributed by atoms with E-state index in [0.717, 1.165) is 5.56 Å². The highest BCUT2D eigenvalue weighted by Crippen LogP contribution is 2.23. The van der Waals surface area contributed by atoms with Gasteiger partial charge in [0.2, 0.25) is 0 Å². The van der Waals surface area contributed by atoms with Crippen molar-refractivity contribution in [3.63, 3.8) is 0 Å². The number of anilines is 2. The lowest BCUT2D eigenvalue weighted by molar-refractivity contribution is 0.0935. The Morgan fingerprint density at radius 2 is 1.43 bits per heavy atom. The van der Waals surface area contributed by atoms with Crippen molar-refractivity contribution in [3.05, 3.63) is 59.2 Å². The second kappa shape index (κ2) is 9.40. The predicted octanol–water partition coefficient (Wildman–Crippen LogP) is 4.49. The molecule has 0 aliphatic carbocycles. The van der Waals surface area contributed by atoms with Gasteiger partial charge in [0, 0.05) is 17.7 Å². The molecule has 0 fully saturated rings. The molecule has 0 aliphatic heterocycles. The van der Waals surface area contributed by atoms with Gasteiger partial charge in [-0.25, -0.2) is 0 Å². The monoisotopic (exact) mass is 381 g/mol. The van der Waals surface area contributed by atoms with E-state index >= 15 is 0 Å². The van der Waals surface area contributed by atoms with E-state index in [9.17, 15) is 9.59 Å². The average molecular weight is 382 g/mol. The van der Waals surface area contributed by atoms with Crippen LogP contribution in [0, 0.1) is 24.7 Å². The molecule has 2 amide bonds. The summed E-state index contributed by atoms with van der Waals surface area (Å²) in [6.07, 6.45) is 0. The first kappa shape index (κ1) is 21.5. The Morgan fingerprint density at radius 1 is 0.893 bits per heavy atom. The highest BCUT2D eigenvalue weighted by Gasteiger charge is 2.19. The van der Waals surface area contributed by atoms with Crippen LogP contribution in [0.2, 0.25) is 0 Å². The molecule has 150 valence electrons.